The summed E-state index contributed by atoms with van der Waals surface area (Å²) >= 11 is 11.9. The van der Waals surface area contributed by atoms with Gasteiger partial charge in [0.1, 0.15) is 17.6 Å². The molecule has 1 N–H and O–H groups in total. The SMILES string of the molecule is COc1cc(Nc2ccc(Cl)cc2C#N)c(OC)cc1Cl. The minimum Gasteiger partial charge on any atom is -0.495 e. The minimum atomic E-state index is 0.429. The average Bonchev–Trinajstić information content (AvgIpc) is 2.50. The molecule has 21 heavy (non-hydrogen) atoms. The van der Waals surface area contributed by atoms with E-state index in [9.17, 15) is 0 Å². The van der Waals surface area contributed by atoms with Gasteiger partial charge >= 0.3 is 0 Å². The molecule has 0 unspecified atom stereocenters. The van der Waals surface area contributed by atoms with Crippen molar-refractivity contribution < 1.29 is 9.47 Å². The van der Waals surface area contributed by atoms with Crippen molar-refractivity contribution in [3.63, 3.8) is 0 Å². The first-order valence-corrected chi connectivity index (χ1v) is 6.72. The predicted octanol–water partition coefficient (Wildman–Crippen LogP) is 4.63. The van der Waals surface area contributed by atoms with Gasteiger partial charge in [0, 0.05) is 17.2 Å². The van der Waals surface area contributed by atoms with Crippen LogP contribution in [0.5, 0.6) is 11.5 Å². The Morgan fingerprint density at radius 2 is 1.71 bits per heavy atom. The molecule has 0 fully saturated rings. The fourth-order valence-electron chi connectivity index (χ4n) is 1.82. The Bertz CT molecular complexity index is 712. The molecule has 4 nitrogen and oxygen atoms in total. The van der Waals surface area contributed by atoms with Gasteiger partial charge in [-0.15, -0.1) is 0 Å². The fraction of sp³-hybridized carbons (Fsp3) is 0.133. The first-order chi connectivity index (χ1) is 10.1. The number of methoxy groups -OCH3 is 2. The van der Waals surface area contributed by atoms with Crippen LogP contribution in [0.25, 0.3) is 0 Å². The molecular formula is C15H12Cl2N2O2. The maximum absolute atomic E-state index is 9.17. The monoisotopic (exact) mass is 322 g/mol. The van der Waals surface area contributed by atoms with E-state index < -0.39 is 0 Å². The molecule has 0 spiro atoms. The van der Waals surface area contributed by atoms with Crippen molar-refractivity contribution in [3.8, 4) is 17.6 Å². The topological polar surface area (TPSA) is 54.3 Å². The van der Waals surface area contributed by atoms with Crippen LogP contribution in [0.4, 0.5) is 11.4 Å². The summed E-state index contributed by atoms with van der Waals surface area (Å²) < 4.78 is 10.5. The molecule has 0 aliphatic rings. The summed E-state index contributed by atoms with van der Waals surface area (Å²) in [6.45, 7) is 0. The lowest BCUT2D eigenvalue weighted by Gasteiger charge is -2.14. The first kappa shape index (κ1) is 15.3. The number of hydrogen-bond acceptors (Lipinski definition) is 4. The highest BCUT2D eigenvalue weighted by Gasteiger charge is 2.12. The first-order valence-electron chi connectivity index (χ1n) is 5.97. The lowest BCUT2D eigenvalue weighted by molar-refractivity contribution is 0.405. The Morgan fingerprint density at radius 3 is 2.33 bits per heavy atom. The molecular weight excluding hydrogens is 311 g/mol. The van der Waals surface area contributed by atoms with Crippen LogP contribution in [0.1, 0.15) is 5.56 Å². The zero-order valence-corrected chi connectivity index (χ0v) is 12.9. The number of benzene rings is 2. The lowest BCUT2D eigenvalue weighted by Crippen LogP contribution is -1.98. The van der Waals surface area contributed by atoms with Crippen molar-refractivity contribution >= 4 is 34.6 Å². The summed E-state index contributed by atoms with van der Waals surface area (Å²) in [5, 5.41) is 13.2. The molecule has 0 saturated carbocycles. The van der Waals surface area contributed by atoms with Gasteiger partial charge in [0.05, 0.1) is 36.2 Å². The number of nitriles is 1. The van der Waals surface area contributed by atoms with Gasteiger partial charge in [0.2, 0.25) is 0 Å². The summed E-state index contributed by atoms with van der Waals surface area (Å²) in [6.07, 6.45) is 0. The Balaban J connectivity index is 2.46. The fourth-order valence-corrected chi connectivity index (χ4v) is 2.22. The summed E-state index contributed by atoms with van der Waals surface area (Å²) in [7, 11) is 3.07. The van der Waals surface area contributed by atoms with Crippen molar-refractivity contribution in [3.05, 3.63) is 45.9 Å². The third-order valence-electron chi connectivity index (χ3n) is 2.85. The van der Waals surface area contributed by atoms with E-state index in [0.29, 0.717) is 38.5 Å². The second-order valence-electron chi connectivity index (χ2n) is 4.11. The summed E-state index contributed by atoms with van der Waals surface area (Å²) in [6, 6.07) is 10.4. The second-order valence-corrected chi connectivity index (χ2v) is 4.96. The Kier molecular flexibility index (Phi) is 4.79. The summed E-state index contributed by atoms with van der Waals surface area (Å²) in [5.74, 6) is 1.05. The van der Waals surface area contributed by atoms with Gasteiger partial charge in [-0.3, -0.25) is 0 Å². The Hall–Kier alpha value is -2.09. The number of nitrogens with one attached hydrogen (secondary N) is 1. The molecule has 0 atom stereocenters. The average molecular weight is 323 g/mol. The molecule has 108 valence electrons. The molecule has 0 aliphatic heterocycles. The van der Waals surface area contributed by atoms with Crippen LogP contribution in [-0.4, -0.2) is 14.2 Å². The van der Waals surface area contributed by atoms with Crippen LogP contribution in [0.2, 0.25) is 10.0 Å². The van der Waals surface area contributed by atoms with Gasteiger partial charge in [-0.25, -0.2) is 0 Å². The summed E-state index contributed by atoms with van der Waals surface area (Å²) in [5.41, 5.74) is 1.68. The van der Waals surface area contributed by atoms with Crippen LogP contribution in [0.15, 0.2) is 30.3 Å². The molecule has 0 saturated heterocycles. The van der Waals surface area contributed by atoms with Crippen LogP contribution >= 0.6 is 23.2 Å². The number of anilines is 2. The minimum absolute atomic E-state index is 0.429. The molecule has 2 rings (SSSR count). The van der Waals surface area contributed by atoms with Crippen LogP contribution < -0.4 is 14.8 Å². The molecule has 0 amide bonds. The van der Waals surface area contributed by atoms with Crippen molar-refractivity contribution in [2.75, 3.05) is 19.5 Å². The Morgan fingerprint density at radius 1 is 1.00 bits per heavy atom. The smallest absolute Gasteiger partial charge is 0.144 e. The van der Waals surface area contributed by atoms with Gasteiger partial charge in [0.25, 0.3) is 0 Å². The standard InChI is InChI=1S/C15H12Cl2N2O2/c1-20-14-7-13(15(21-2)6-11(14)17)19-12-4-3-10(16)5-9(12)8-18/h3-7,19H,1-2H3. The third-order valence-corrected chi connectivity index (χ3v) is 3.38. The molecule has 2 aromatic carbocycles. The highest BCUT2D eigenvalue weighted by Crippen LogP contribution is 2.38. The molecule has 0 bridgehead atoms. The number of nitrogens with zero attached hydrogens (tertiary/aromatic N) is 1. The van der Waals surface area contributed by atoms with E-state index in [0.717, 1.165) is 0 Å². The lowest BCUT2D eigenvalue weighted by atomic mass is 10.2. The van der Waals surface area contributed by atoms with Gasteiger partial charge in [-0.2, -0.15) is 5.26 Å². The molecule has 2 aromatic rings. The molecule has 0 aliphatic carbocycles. The van der Waals surface area contributed by atoms with E-state index in [1.807, 2.05) is 0 Å². The highest BCUT2D eigenvalue weighted by molar-refractivity contribution is 6.32. The van der Waals surface area contributed by atoms with Crippen molar-refractivity contribution in [1.82, 2.24) is 0 Å². The van der Waals surface area contributed by atoms with E-state index >= 15 is 0 Å². The number of halogens is 2. The van der Waals surface area contributed by atoms with Crippen molar-refractivity contribution in [2.24, 2.45) is 0 Å². The van der Waals surface area contributed by atoms with E-state index in [2.05, 4.69) is 11.4 Å². The van der Waals surface area contributed by atoms with E-state index in [1.165, 1.54) is 14.2 Å². The van der Waals surface area contributed by atoms with Crippen LogP contribution in [0.3, 0.4) is 0 Å². The van der Waals surface area contributed by atoms with E-state index in [4.69, 9.17) is 37.9 Å². The highest BCUT2D eigenvalue weighted by atomic mass is 35.5. The normalized spacial score (nSPS) is 9.86. The predicted molar refractivity (Wildman–Crippen MR) is 84.0 cm³/mol. The van der Waals surface area contributed by atoms with Gasteiger partial charge < -0.3 is 14.8 Å². The van der Waals surface area contributed by atoms with Crippen LogP contribution in [0, 0.1) is 11.3 Å². The molecule has 6 heteroatoms. The summed E-state index contributed by atoms with van der Waals surface area (Å²) in [4.78, 5) is 0. The van der Waals surface area contributed by atoms with Crippen LogP contribution in [-0.2, 0) is 0 Å². The van der Waals surface area contributed by atoms with E-state index in [-0.39, 0.29) is 0 Å². The largest absolute Gasteiger partial charge is 0.495 e. The number of ether oxygens (including phenoxy) is 2. The van der Waals surface area contributed by atoms with Crippen molar-refractivity contribution in [2.45, 2.75) is 0 Å². The molecule has 0 radical (unpaired) electrons. The molecule has 0 aromatic heterocycles. The number of hydrogen-bond donors (Lipinski definition) is 1. The maximum atomic E-state index is 9.17. The maximum Gasteiger partial charge on any atom is 0.144 e. The zero-order valence-electron chi connectivity index (χ0n) is 11.4. The van der Waals surface area contributed by atoms with E-state index in [1.54, 1.807) is 30.3 Å². The van der Waals surface area contributed by atoms with Gasteiger partial charge in [-0.05, 0) is 18.2 Å². The molecule has 0 heterocycles. The van der Waals surface area contributed by atoms with Gasteiger partial charge in [-0.1, -0.05) is 23.2 Å². The third kappa shape index (κ3) is 3.33. The quantitative estimate of drug-likeness (QED) is 0.891. The Labute approximate surface area is 132 Å². The second kappa shape index (κ2) is 6.57. The van der Waals surface area contributed by atoms with Gasteiger partial charge in [0.15, 0.2) is 0 Å². The number of rotatable bonds is 4. The zero-order chi connectivity index (χ0) is 15.4. The van der Waals surface area contributed by atoms with Crippen molar-refractivity contribution in [1.29, 1.82) is 5.26 Å².